The van der Waals surface area contributed by atoms with E-state index in [1.54, 1.807) is 6.07 Å². The first-order valence-electron chi connectivity index (χ1n) is 10.5. The Labute approximate surface area is 202 Å². The predicted molar refractivity (Wildman–Crippen MR) is 135 cm³/mol. The third-order valence-electron chi connectivity index (χ3n) is 5.33. The van der Waals surface area contributed by atoms with E-state index in [9.17, 15) is 18.0 Å². The van der Waals surface area contributed by atoms with E-state index < -0.39 is 16.1 Å². The SMILES string of the molecule is CSc1sc(NC(=O)Nc2ccc(N(C)C)cc2C(=O)C2CCCC2)nc1CNS(C)(=O)=O. The monoisotopic (exact) mass is 511 g/mol. The molecule has 0 bridgehead atoms. The molecule has 1 fully saturated rings. The zero-order valence-electron chi connectivity index (χ0n) is 19.1. The van der Waals surface area contributed by atoms with Crippen LogP contribution < -0.4 is 20.3 Å². The molecule has 1 heterocycles. The van der Waals surface area contributed by atoms with Crippen molar-refractivity contribution in [2.45, 2.75) is 36.4 Å². The number of carbonyl (C=O) groups is 2. The molecule has 1 aromatic heterocycles. The number of sulfonamides is 1. The highest BCUT2D eigenvalue weighted by molar-refractivity contribution is 8.00. The Morgan fingerprint density at radius 3 is 2.52 bits per heavy atom. The molecular formula is C21H29N5O4S3. The second kappa shape index (κ2) is 10.9. The Hall–Kier alpha value is -2.15. The molecule has 1 aliphatic carbocycles. The highest BCUT2D eigenvalue weighted by Crippen LogP contribution is 2.33. The lowest BCUT2D eigenvalue weighted by Gasteiger charge is -2.18. The van der Waals surface area contributed by atoms with E-state index in [2.05, 4.69) is 20.3 Å². The number of ketones is 1. The molecule has 0 saturated heterocycles. The summed E-state index contributed by atoms with van der Waals surface area (Å²) in [6.45, 7) is 0.0425. The molecule has 2 amide bonds. The van der Waals surface area contributed by atoms with E-state index in [1.807, 2.05) is 37.4 Å². The average molecular weight is 512 g/mol. The second-order valence-electron chi connectivity index (χ2n) is 8.10. The number of anilines is 3. The van der Waals surface area contributed by atoms with Crippen LogP contribution in [0, 0.1) is 5.92 Å². The van der Waals surface area contributed by atoms with Crippen LogP contribution in [-0.4, -0.2) is 51.8 Å². The van der Waals surface area contributed by atoms with Gasteiger partial charge in [0.1, 0.15) is 0 Å². The lowest BCUT2D eigenvalue weighted by atomic mass is 9.94. The van der Waals surface area contributed by atoms with Crippen molar-refractivity contribution in [2.75, 3.05) is 42.1 Å². The highest BCUT2D eigenvalue weighted by atomic mass is 32.2. The number of benzene rings is 1. The Kier molecular flexibility index (Phi) is 8.38. The minimum atomic E-state index is -3.36. The predicted octanol–water partition coefficient (Wildman–Crippen LogP) is 4.00. The first-order valence-corrected chi connectivity index (χ1v) is 14.4. The lowest BCUT2D eigenvalue weighted by molar-refractivity contribution is 0.0924. The van der Waals surface area contributed by atoms with E-state index in [1.165, 1.54) is 23.1 Å². The van der Waals surface area contributed by atoms with Gasteiger partial charge in [-0.05, 0) is 37.3 Å². The van der Waals surface area contributed by atoms with Crippen LogP contribution in [0.4, 0.5) is 21.3 Å². The fourth-order valence-electron chi connectivity index (χ4n) is 3.64. The smallest absolute Gasteiger partial charge is 0.325 e. The topological polar surface area (TPSA) is 120 Å². The largest absolute Gasteiger partial charge is 0.378 e. The molecule has 0 aliphatic heterocycles. The molecule has 0 atom stereocenters. The first kappa shape index (κ1) is 25.5. The molecular weight excluding hydrogens is 482 g/mol. The van der Waals surface area contributed by atoms with Gasteiger partial charge in [-0.3, -0.25) is 10.1 Å². The normalized spacial score (nSPS) is 14.3. The molecule has 1 aromatic carbocycles. The molecule has 33 heavy (non-hydrogen) atoms. The molecule has 0 spiro atoms. The summed E-state index contributed by atoms with van der Waals surface area (Å²) < 4.78 is 26.0. The zero-order valence-corrected chi connectivity index (χ0v) is 21.5. The molecule has 3 rings (SSSR count). The van der Waals surface area contributed by atoms with Gasteiger partial charge in [0.2, 0.25) is 10.0 Å². The number of urea groups is 1. The van der Waals surface area contributed by atoms with E-state index in [4.69, 9.17) is 0 Å². The van der Waals surface area contributed by atoms with Crippen molar-refractivity contribution in [1.82, 2.24) is 9.71 Å². The summed E-state index contributed by atoms with van der Waals surface area (Å²) in [6, 6.07) is 4.90. The summed E-state index contributed by atoms with van der Waals surface area (Å²) in [5.41, 5.74) is 2.39. The molecule has 0 radical (unpaired) electrons. The Bertz CT molecular complexity index is 1120. The van der Waals surface area contributed by atoms with Gasteiger partial charge in [-0.2, -0.15) is 0 Å². The number of carbonyl (C=O) groups excluding carboxylic acids is 2. The zero-order chi connectivity index (χ0) is 24.2. The van der Waals surface area contributed by atoms with Crippen LogP contribution in [0.15, 0.2) is 22.4 Å². The summed E-state index contributed by atoms with van der Waals surface area (Å²) in [5, 5.41) is 5.84. The number of nitrogens with one attached hydrogen (secondary N) is 3. The summed E-state index contributed by atoms with van der Waals surface area (Å²) >= 11 is 2.68. The van der Waals surface area contributed by atoms with E-state index in [-0.39, 0.29) is 18.2 Å². The second-order valence-corrected chi connectivity index (χ2v) is 12.0. The van der Waals surface area contributed by atoms with Crippen LogP contribution in [0.1, 0.15) is 41.7 Å². The molecule has 9 nitrogen and oxygen atoms in total. The molecule has 3 N–H and O–H groups in total. The Morgan fingerprint density at radius 1 is 1.21 bits per heavy atom. The lowest BCUT2D eigenvalue weighted by Crippen LogP contribution is -2.23. The van der Waals surface area contributed by atoms with Crippen molar-refractivity contribution in [3.63, 3.8) is 0 Å². The summed E-state index contributed by atoms with van der Waals surface area (Å²) in [4.78, 5) is 32.2. The van der Waals surface area contributed by atoms with Crippen LogP contribution in [0.2, 0.25) is 0 Å². The van der Waals surface area contributed by atoms with Crippen molar-refractivity contribution in [1.29, 1.82) is 0 Å². The molecule has 1 saturated carbocycles. The average Bonchev–Trinajstić information content (AvgIpc) is 3.41. The third-order valence-corrected chi connectivity index (χ3v) is 8.16. The molecule has 0 unspecified atom stereocenters. The van der Waals surface area contributed by atoms with Gasteiger partial charge in [0.15, 0.2) is 10.9 Å². The maximum Gasteiger partial charge on any atom is 0.325 e. The fraction of sp³-hybridized carbons (Fsp3) is 0.476. The summed E-state index contributed by atoms with van der Waals surface area (Å²) in [5.74, 6) is 0.0404. The summed E-state index contributed by atoms with van der Waals surface area (Å²) in [6.07, 6.45) is 6.77. The van der Waals surface area contributed by atoms with E-state index in [0.717, 1.165) is 41.8 Å². The van der Waals surface area contributed by atoms with E-state index in [0.29, 0.717) is 22.1 Å². The van der Waals surface area contributed by atoms with Gasteiger partial charge in [0.05, 0.1) is 28.4 Å². The van der Waals surface area contributed by atoms with Gasteiger partial charge < -0.3 is 10.2 Å². The maximum atomic E-state index is 13.2. The minimum absolute atomic E-state index is 0.0148. The number of nitrogens with zero attached hydrogens (tertiary/aromatic N) is 2. The van der Waals surface area contributed by atoms with Crippen LogP contribution in [-0.2, 0) is 16.6 Å². The van der Waals surface area contributed by atoms with Gasteiger partial charge in [0, 0.05) is 31.3 Å². The van der Waals surface area contributed by atoms with Crippen molar-refractivity contribution < 1.29 is 18.0 Å². The van der Waals surface area contributed by atoms with Crippen LogP contribution in [0.5, 0.6) is 0 Å². The van der Waals surface area contributed by atoms with Crippen LogP contribution in [0.25, 0.3) is 0 Å². The van der Waals surface area contributed by atoms with Gasteiger partial charge in [-0.25, -0.2) is 22.9 Å². The molecule has 12 heteroatoms. The molecule has 180 valence electrons. The van der Waals surface area contributed by atoms with Gasteiger partial charge in [-0.15, -0.1) is 11.8 Å². The number of aromatic nitrogens is 1. The number of amides is 2. The van der Waals surface area contributed by atoms with Crippen LogP contribution in [0.3, 0.4) is 0 Å². The highest BCUT2D eigenvalue weighted by Gasteiger charge is 2.26. The Balaban J connectivity index is 1.77. The number of thioether (sulfide) groups is 1. The number of hydrogen-bond donors (Lipinski definition) is 3. The number of thiazole rings is 1. The number of hydrogen-bond acceptors (Lipinski definition) is 8. The minimum Gasteiger partial charge on any atom is -0.378 e. The van der Waals surface area contributed by atoms with Gasteiger partial charge in [0.25, 0.3) is 0 Å². The third kappa shape index (κ3) is 6.92. The molecule has 2 aromatic rings. The number of Topliss-reactive ketones (excluding diaryl/α,β-unsaturated/α-hetero) is 1. The Morgan fingerprint density at radius 2 is 1.91 bits per heavy atom. The fourth-order valence-corrected chi connectivity index (χ4v) is 5.68. The number of rotatable bonds is 9. The standard InChI is InChI=1S/C21H29N5O4S3/c1-26(2)14-9-10-16(15(11-14)18(27)13-7-5-6-8-13)23-20(28)25-21-24-17(19(31-3)32-21)12-22-33(4,29)30/h9-11,13,22H,5-8,12H2,1-4H3,(H2,23,24,25,28). The van der Waals surface area contributed by atoms with Crippen molar-refractivity contribution in [3.05, 3.63) is 29.5 Å². The van der Waals surface area contributed by atoms with Crippen LogP contribution >= 0.6 is 23.1 Å². The van der Waals surface area contributed by atoms with Gasteiger partial charge in [-0.1, -0.05) is 24.2 Å². The maximum absolute atomic E-state index is 13.2. The van der Waals surface area contributed by atoms with E-state index >= 15 is 0 Å². The quantitative estimate of drug-likeness (QED) is 0.344. The summed E-state index contributed by atoms with van der Waals surface area (Å²) in [7, 11) is 0.446. The van der Waals surface area contributed by atoms with Crippen molar-refractivity contribution in [3.8, 4) is 0 Å². The molecule has 1 aliphatic rings. The van der Waals surface area contributed by atoms with Crippen molar-refractivity contribution >= 4 is 61.4 Å². The first-order chi connectivity index (χ1) is 15.6. The van der Waals surface area contributed by atoms with Crippen molar-refractivity contribution in [2.24, 2.45) is 5.92 Å². The van der Waals surface area contributed by atoms with Gasteiger partial charge >= 0.3 is 6.03 Å².